The number of nitrogens with zero attached hydrogens (tertiary/aromatic N) is 2. The van der Waals surface area contributed by atoms with Crippen LogP contribution in [0.1, 0.15) is 37.7 Å². The van der Waals surface area contributed by atoms with Gasteiger partial charge in [-0.05, 0) is 38.3 Å². The van der Waals surface area contributed by atoms with E-state index in [1.807, 2.05) is 7.05 Å². The summed E-state index contributed by atoms with van der Waals surface area (Å²) >= 11 is 0. The molecule has 0 aromatic carbocycles. The highest BCUT2D eigenvalue weighted by molar-refractivity contribution is 5.24. The lowest BCUT2D eigenvalue weighted by Gasteiger charge is -2.24. The maximum absolute atomic E-state index is 4.64. The molecule has 1 rings (SSSR count). The first-order valence-corrected chi connectivity index (χ1v) is 6.08. The Hall–Kier alpha value is -0.830. The molecule has 16 heavy (non-hydrogen) atoms. The first-order valence-electron chi connectivity index (χ1n) is 6.08. The molecule has 0 aliphatic rings. The van der Waals surface area contributed by atoms with Gasteiger partial charge in [-0.1, -0.05) is 20.8 Å². The summed E-state index contributed by atoms with van der Waals surface area (Å²) in [6.45, 7) is 13.0. The van der Waals surface area contributed by atoms with Crippen molar-refractivity contribution in [2.75, 3.05) is 13.6 Å². The Bertz CT molecular complexity index is 350. The molecule has 0 aliphatic heterocycles. The lowest BCUT2D eigenvalue weighted by Crippen LogP contribution is -2.31. The minimum absolute atomic E-state index is 0.239. The zero-order valence-electron chi connectivity index (χ0n) is 11.5. The van der Waals surface area contributed by atoms with Crippen molar-refractivity contribution >= 4 is 0 Å². The fourth-order valence-corrected chi connectivity index (χ4v) is 2.34. The van der Waals surface area contributed by atoms with Crippen LogP contribution in [0, 0.1) is 19.3 Å². The van der Waals surface area contributed by atoms with Gasteiger partial charge in [0.2, 0.25) is 0 Å². The van der Waals surface area contributed by atoms with Crippen LogP contribution < -0.4 is 5.32 Å². The second kappa shape index (κ2) is 5.00. The van der Waals surface area contributed by atoms with Crippen molar-refractivity contribution in [3.63, 3.8) is 0 Å². The monoisotopic (exact) mass is 223 g/mol. The highest BCUT2D eigenvalue weighted by Crippen LogP contribution is 2.20. The molecular formula is C13H25N3. The molecule has 1 aromatic heterocycles. The van der Waals surface area contributed by atoms with Crippen LogP contribution in [-0.2, 0) is 13.0 Å². The van der Waals surface area contributed by atoms with Crippen LogP contribution in [-0.4, -0.2) is 23.4 Å². The van der Waals surface area contributed by atoms with E-state index >= 15 is 0 Å². The van der Waals surface area contributed by atoms with Crippen molar-refractivity contribution in [1.82, 2.24) is 15.1 Å². The molecule has 0 unspecified atom stereocenters. The molecule has 0 saturated carbocycles. The van der Waals surface area contributed by atoms with Crippen LogP contribution in [0.5, 0.6) is 0 Å². The van der Waals surface area contributed by atoms with Gasteiger partial charge in [0.25, 0.3) is 0 Å². The normalized spacial score (nSPS) is 12.1. The molecule has 0 fully saturated rings. The minimum Gasteiger partial charge on any atom is -0.319 e. The second-order valence-electron chi connectivity index (χ2n) is 5.36. The van der Waals surface area contributed by atoms with Gasteiger partial charge in [-0.15, -0.1) is 0 Å². The molecule has 1 heterocycles. The van der Waals surface area contributed by atoms with E-state index < -0.39 is 0 Å². The molecule has 0 amide bonds. The summed E-state index contributed by atoms with van der Waals surface area (Å²) < 4.78 is 2.16. The molecule has 3 nitrogen and oxygen atoms in total. The number of aryl methyl sites for hydroxylation is 1. The topological polar surface area (TPSA) is 29.9 Å². The molecule has 1 N–H and O–H groups in total. The fourth-order valence-electron chi connectivity index (χ4n) is 2.34. The molecule has 0 spiro atoms. The summed E-state index contributed by atoms with van der Waals surface area (Å²) in [5, 5.41) is 7.88. The quantitative estimate of drug-likeness (QED) is 0.830. The third kappa shape index (κ3) is 2.85. The maximum atomic E-state index is 4.64. The molecule has 1 aromatic rings. The average Bonchev–Trinajstić information content (AvgIpc) is 2.41. The molecule has 0 radical (unpaired) electrons. The van der Waals surface area contributed by atoms with Crippen LogP contribution >= 0.6 is 0 Å². The summed E-state index contributed by atoms with van der Waals surface area (Å²) in [4.78, 5) is 0. The van der Waals surface area contributed by atoms with E-state index in [-0.39, 0.29) is 5.41 Å². The van der Waals surface area contributed by atoms with Gasteiger partial charge >= 0.3 is 0 Å². The first kappa shape index (κ1) is 13.2. The minimum atomic E-state index is 0.239. The van der Waals surface area contributed by atoms with Crippen molar-refractivity contribution in [2.45, 2.75) is 47.6 Å². The van der Waals surface area contributed by atoms with Gasteiger partial charge < -0.3 is 5.32 Å². The summed E-state index contributed by atoms with van der Waals surface area (Å²) in [5.41, 5.74) is 4.15. The van der Waals surface area contributed by atoms with Gasteiger partial charge in [0, 0.05) is 18.8 Å². The predicted molar refractivity (Wildman–Crippen MR) is 68.8 cm³/mol. The second-order valence-corrected chi connectivity index (χ2v) is 5.36. The van der Waals surface area contributed by atoms with Gasteiger partial charge in [0.15, 0.2) is 0 Å². The Morgan fingerprint density at radius 2 is 1.94 bits per heavy atom. The van der Waals surface area contributed by atoms with Gasteiger partial charge in [0.05, 0.1) is 5.69 Å². The molecule has 3 heteroatoms. The Morgan fingerprint density at radius 3 is 2.38 bits per heavy atom. The fraction of sp³-hybridized carbons (Fsp3) is 0.769. The molecule has 0 saturated heterocycles. The Labute approximate surface area is 99.2 Å². The largest absolute Gasteiger partial charge is 0.319 e. The van der Waals surface area contributed by atoms with E-state index in [9.17, 15) is 0 Å². The van der Waals surface area contributed by atoms with E-state index in [0.29, 0.717) is 0 Å². The predicted octanol–water partition coefficient (Wildman–Crippen LogP) is 2.31. The van der Waals surface area contributed by atoms with Gasteiger partial charge in [-0.3, -0.25) is 4.68 Å². The third-order valence-electron chi connectivity index (χ3n) is 3.12. The summed E-state index contributed by atoms with van der Waals surface area (Å²) in [7, 11) is 2.00. The van der Waals surface area contributed by atoms with Crippen molar-refractivity contribution < 1.29 is 0 Å². The summed E-state index contributed by atoms with van der Waals surface area (Å²) in [5.74, 6) is 0. The number of aromatic nitrogens is 2. The Kier molecular flexibility index (Phi) is 4.14. The van der Waals surface area contributed by atoms with Gasteiger partial charge in [-0.25, -0.2) is 0 Å². The molecular weight excluding hydrogens is 198 g/mol. The number of nitrogens with one attached hydrogen (secondary N) is 1. The lowest BCUT2D eigenvalue weighted by molar-refractivity contribution is 0.280. The summed E-state index contributed by atoms with van der Waals surface area (Å²) in [6.07, 6.45) is 1.07. The molecule has 0 aliphatic carbocycles. The average molecular weight is 223 g/mol. The van der Waals surface area contributed by atoms with Gasteiger partial charge in [-0.2, -0.15) is 5.10 Å². The zero-order valence-corrected chi connectivity index (χ0v) is 11.5. The van der Waals surface area contributed by atoms with E-state index in [1.54, 1.807) is 0 Å². The van der Waals surface area contributed by atoms with E-state index in [1.165, 1.54) is 17.0 Å². The summed E-state index contributed by atoms with van der Waals surface area (Å²) in [6, 6.07) is 0. The number of hydrogen-bond donors (Lipinski definition) is 1. The van der Waals surface area contributed by atoms with Crippen LogP contribution in [0.2, 0.25) is 0 Å². The van der Waals surface area contributed by atoms with Crippen molar-refractivity contribution in [1.29, 1.82) is 0 Å². The van der Waals surface area contributed by atoms with Crippen molar-refractivity contribution in [2.24, 2.45) is 5.41 Å². The Morgan fingerprint density at radius 1 is 1.31 bits per heavy atom. The lowest BCUT2D eigenvalue weighted by atomic mass is 9.93. The highest BCUT2D eigenvalue weighted by Gasteiger charge is 2.20. The number of hydrogen-bond acceptors (Lipinski definition) is 2. The van der Waals surface area contributed by atoms with Crippen LogP contribution in [0.15, 0.2) is 0 Å². The van der Waals surface area contributed by atoms with E-state index in [0.717, 1.165) is 19.5 Å². The smallest absolute Gasteiger partial charge is 0.0628 e. The van der Waals surface area contributed by atoms with Crippen LogP contribution in [0.25, 0.3) is 0 Å². The van der Waals surface area contributed by atoms with Crippen molar-refractivity contribution in [3.8, 4) is 0 Å². The highest BCUT2D eigenvalue weighted by atomic mass is 15.3. The molecule has 92 valence electrons. The van der Waals surface area contributed by atoms with Crippen LogP contribution in [0.3, 0.4) is 0 Å². The Balaban J connectivity index is 2.89. The third-order valence-corrected chi connectivity index (χ3v) is 3.12. The van der Waals surface area contributed by atoms with E-state index in [4.69, 9.17) is 0 Å². The number of rotatable bonds is 5. The maximum Gasteiger partial charge on any atom is 0.0628 e. The molecule has 0 bridgehead atoms. The molecule has 0 atom stereocenters. The van der Waals surface area contributed by atoms with Crippen molar-refractivity contribution in [3.05, 3.63) is 17.0 Å². The SMILES string of the molecule is CCc1c(C)nn(CC(C)(C)CNC)c1C. The van der Waals surface area contributed by atoms with Gasteiger partial charge in [0.1, 0.15) is 0 Å². The van der Waals surface area contributed by atoms with E-state index in [2.05, 4.69) is 49.7 Å². The van der Waals surface area contributed by atoms with Crippen LogP contribution in [0.4, 0.5) is 0 Å². The first-order chi connectivity index (χ1) is 7.41. The zero-order chi connectivity index (χ0) is 12.3. The standard InChI is InChI=1S/C13H25N3/c1-7-12-10(2)15-16(11(12)3)9-13(4,5)8-14-6/h14H,7-9H2,1-6H3.